The lowest BCUT2D eigenvalue weighted by atomic mass is 10.2. The summed E-state index contributed by atoms with van der Waals surface area (Å²) in [6, 6.07) is 11.5. The third kappa shape index (κ3) is 6.00. The van der Waals surface area contributed by atoms with Crippen LogP contribution in [0.1, 0.15) is 29.3 Å². The number of halogens is 1. The molecule has 0 aliphatic heterocycles. The van der Waals surface area contributed by atoms with Crippen LogP contribution in [0.15, 0.2) is 47.6 Å². The van der Waals surface area contributed by atoms with Crippen molar-refractivity contribution in [2.45, 2.75) is 19.9 Å². The molecule has 2 amide bonds. The fraction of sp³-hybridized carbons (Fsp3) is 0.211. The van der Waals surface area contributed by atoms with E-state index in [1.807, 2.05) is 24.3 Å². The Morgan fingerprint density at radius 3 is 2.70 bits per heavy atom. The second-order valence-corrected chi connectivity index (χ2v) is 6.15. The summed E-state index contributed by atoms with van der Waals surface area (Å²) in [6.45, 7) is 1.93. The number of phenolic OH excluding ortho intramolecular Hbond substituents is 1. The first-order chi connectivity index (χ1) is 12.9. The van der Waals surface area contributed by atoms with Gasteiger partial charge < -0.3 is 15.2 Å². The molecule has 8 heteroatoms. The standard InChI is InChI=1S/C19H20ClN3O4/c1-12(22-23-19(26)15-10-14(20)7-8-16(15)24)9-18(25)21-11-13-5-3-4-6-17(13)27-2/h3-8,10,24H,9,11H2,1-2H3,(H,21,25)(H,23,26)/b22-12+. The average molecular weight is 390 g/mol. The predicted octanol–water partition coefficient (Wildman–Crippen LogP) is 2.87. The van der Waals surface area contributed by atoms with Crippen LogP contribution in [0.5, 0.6) is 11.5 Å². The van der Waals surface area contributed by atoms with E-state index in [1.54, 1.807) is 14.0 Å². The van der Waals surface area contributed by atoms with E-state index in [9.17, 15) is 14.7 Å². The molecule has 0 aromatic heterocycles. The summed E-state index contributed by atoms with van der Waals surface area (Å²) in [6.07, 6.45) is 0.0109. The van der Waals surface area contributed by atoms with Gasteiger partial charge in [-0.25, -0.2) is 5.43 Å². The van der Waals surface area contributed by atoms with Crippen LogP contribution in [0.4, 0.5) is 0 Å². The highest BCUT2D eigenvalue weighted by molar-refractivity contribution is 6.31. The molecule has 0 fully saturated rings. The number of carbonyl (C=O) groups is 2. The van der Waals surface area contributed by atoms with Gasteiger partial charge in [-0.05, 0) is 31.2 Å². The molecule has 2 rings (SSSR count). The maximum absolute atomic E-state index is 12.0. The number of hydrogen-bond donors (Lipinski definition) is 3. The fourth-order valence-corrected chi connectivity index (χ4v) is 2.45. The lowest BCUT2D eigenvalue weighted by molar-refractivity contribution is -0.120. The first-order valence-corrected chi connectivity index (χ1v) is 8.49. The minimum absolute atomic E-state index is 0.000302. The zero-order valence-electron chi connectivity index (χ0n) is 15.0. The number of aromatic hydroxyl groups is 1. The van der Waals surface area contributed by atoms with Gasteiger partial charge in [-0.15, -0.1) is 0 Å². The Morgan fingerprint density at radius 2 is 1.96 bits per heavy atom. The van der Waals surface area contributed by atoms with Gasteiger partial charge in [0, 0.05) is 22.8 Å². The quantitative estimate of drug-likeness (QED) is 0.500. The minimum atomic E-state index is -0.621. The number of nitrogens with zero attached hydrogens (tertiary/aromatic N) is 1. The zero-order chi connectivity index (χ0) is 19.8. The van der Waals surface area contributed by atoms with Gasteiger partial charge in [0.15, 0.2) is 0 Å². The van der Waals surface area contributed by atoms with E-state index in [-0.39, 0.29) is 23.6 Å². The normalized spacial score (nSPS) is 11.0. The van der Waals surface area contributed by atoms with Crippen LogP contribution >= 0.6 is 11.6 Å². The maximum atomic E-state index is 12.0. The molecule has 2 aromatic rings. The van der Waals surface area contributed by atoms with Crippen molar-refractivity contribution in [3.63, 3.8) is 0 Å². The number of methoxy groups -OCH3 is 1. The van der Waals surface area contributed by atoms with E-state index < -0.39 is 5.91 Å². The molecular formula is C19H20ClN3O4. The number of hydrogen-bond acceptors (Lipinski definition) is 5. The van der Waals surface area contributed by atoms with Crippen LogP contribution < -0.4 is 15.5 Å². The van der Waals surface area contributed by atoms with Gasteiger partial charge in [0.25, 0.3) is 5.91 Å². The largest absolute Gasteiger partial charge is 0.507 e. The number of para-hydroxylation sites is 1. The molecule has 0 bridgehead atoms. The van der Waals surface area contributed by atoms with Gasteiger partial charge >= 0.3 is 0 Å². The summed E-state index contributed by atoms with van der Waals surface area (Å²) < 4.78 is 5.23. The molecular weight excluding hydrogens is 370 g/mol. The summed E-state index contributed by atoms with van der Waals surface area (Å²) in [5, 5.41) is 16.7. The van der Waals surface area contributed by atoms with E-state index in [0.717, 1.165) is 5.56 Å². The first-order valence-electron chi connectivity index (χ1n) is 8.11. The molecule has 0 spiro atoms. The maximum Gasteiger partial charge on any atom is 0.275 e. The van der Waals surface area contributed by atoms with Crippen LogP contribution in [-0.4, -0.2) is 29.7 Å². The van der Waals surface area contributed by atoms with Gasteiger partial charge in [-0.3, -0.25) is 9.59 Å². The molecule has 0 saturated heterocycles. The topological polar surface area (TPSA) is 100 Å². The molecule has 3 N–H and O–H groups in total. The third-order valence-electron chi connectivity index (χ3n) is 3.64. The summed E-state index contributed by atoms with van der Waals surface area (Å²) in [4.78, 5) is 24.1. The Kier molecular flexibility index (Phi) is 7.19. The van der Waals surface area contributed by atoms with Crippen molar-refractivity contribution in [3.8, 4) is 11.5 Å². The lowest BCUT2D eigenvalue weighted by Crippen LogP contribution is -2.26. The second-order valence-electron chi connectivity index (χ2n) is 5.71. The van der Waals surface area contributed by atoms with E-state index in [4.69, 9.17) is 16.3 Å². The van der Waals surface area contributed by atoms with Gasteiger partial charge in [0.1, 0.15) is 11.5 Å². The predicted molar refractivity (Wildman–Crippen MR) is 103 cm³/mol. The van der Waals surface area contributed by atoms with Crippen molar-refractivity contribution in [1.29, 1.82) is 0 Å². The monoisotopic (exact) mass is 389 g/mol. The molecule has 0 atom stereocenters. The van der Waals surface area contributed by atoms with Gasteiger partial charge in [-0.1, -0.05) is 29.8 Å². The van der Waals surface area contributed by atoms with Crippen molar-refractivity contribution in [2.24, 2.45) is 5.10 Å². The molecule has 0 radical (unpaired) electrons. The third-order valence-corrected chi connectivity index (χ3v) is 3.87. The smallest absolute Gasteiger partial charge is 0.275 e. The van der Waals surface area contributed by atoms with Crippen molar-refractivity contribution in [3.05, 3.63) is 58.6 Å². The zero-order valence-corrected chi connectivity index (χ0v) is 15.7. The molecule has 0 heterocycles. The van der Waals surface area contributed by atoms with Crippen LogP contribution in [0.2, 0.25) is 5.02 Å². The highest BCUT2D eigenvalue weighted by atomic mass is 35.5. The Hall–Kier alpha value is -3.06. The summed E-state index contributed by atoms with van der Waals surface area (Å²) in [7, 11) is 1.57. The van der Waals surface area contributed by atoms with E-state index in [1.165, 1.54) is 18.2 Å². The summed E-state index contributed by atoms with van der Waals surface area (Å²) >= 11 is 5.81. The number of ether oxygens (including phenoxy) is 1. The average Bonchev–Trinajstić information content (AvgIpc) is 2.66. The van der Waals surface area contributed by atoms with Crippen molar-refractivity contribution in [1.82, 2.24) is 10.7 Å². The second kappa shape index (κ2) is 9.59. The number of rotatable bonds is 7. The molecule has 7 nitrogen and oxygen atoms in total. The lowest BCUT2D eigenvalue weighted by Gasteiger charge is -2.09. The number of nitrogens with one attached hydrogen (secondary N) is 2. The van der Waals surface area contributed by atoms with Gasteiger partial charge in [0.2, 0.25) is 5.91 Å². The van der Waals surface area contributed by atoms with Crippen molar-refractivity contribution < 1.29 is 19.4 Å². The highest BCUT2D eigenvalue weighted by Crippen LogP contribution is 2.21. The highest BCUT2D eigenvalue weighted by Gasteiger charge is 2.12. The molecule has 0 unspecified atom stereocenters. The Morgan fingerprint density at radius 1 is 1.22 bits per heavy atom. The number of hydrazone groups is 1. The van der Waals surface area contributed by atoms with Gasteiger partial charge in [-0.2, -0.15) is 5.10 Å². The van der Waals surface area contributed by atoms with Crippen LogP contribution in [0, 0.1) is 0 Å². The molecule has 142 valence electrons. The van der Waals surface area contributed by atoms with Gasteiger partial charge in [0.05, 0.1) is 19.1 Å². The van der Waals surface area contributed by atoms with Crippen LogP contribution in [0.3, 0.4) is 0 Å². The molecule has 0 aliphatic carbocycles. The van der Waals surface area contributed by atoms with Crippen LogP contribution in [0.25, 0.3) is 0 Å². The number of amides is 2. The fourth-order valence-electron chi connectivity index (χ4n) is 2.27. The Bertz CT molecular complexity index is 868. The Labute approximate surface area is 162 Å². The summed E-state index contributed by atoms with van der Waals surface area (Å²) in [5.41, 5.74) is 3.55. The molecule has 0 aliphatic rings. The SMILES string of the molecule is COc1ccccc1CNC(=O)C/C(C)=N/NC(=O)c1cc(Cl)ccc1O. The van der Waals surface area contributed by atoms with Crippen molar-refractivity contribution >= 4 is 29.1 Å². The molecule has 2 aromatic carbocycles. The first kappa shape index (κ1) is 20.3. The van der Waals surface area contributed by atoms with E-state index in [2.05, 4.69) is 15.8 Å². The van der Waals surface area contributed by atoms with E-state index in [0.29, 0.717) is 23.0 Å². The minimum Gasteiger partial charge on any atom is -0.507 e. The van der Waals surface area contributed by atoms with Crippen LogP contribution in [-0.2, 0) is 11.3 Å². The molecule has 27 heavy (non-hydrogen) atoms. The summed E-state index contributed by atoms with van der Waals surface area (Å²) in [5.74, 6) is -0.387. The number of benzene rings is 2. The molecule has 0 saturated carbocycles. The number of carbonyl (C=O) groups excluding carboxylic acids is 2. The van der Waals surface area contributed by atoms with E-state index >= 15 is 0 Å². The number of phenols is 1. The van der Waals surface area contributed by atoms with Crippen molar-refractivity contribution in [2.75, 3.05) is 7.11 Å². The Balaban J connectivity index is 1.88.